The van der Waals surface area contributed by atoms with Crippen LogP contribution in [-0.4, -0.2) is 71.5 Å². The highest BCUT2D eigenvalue weighted by Gasteiger charge is 2.34. The highest BCUT2D eigenvalue weighted by molar-refractivity contribution is 6.04. The smallest absolute Gasteiger partial charge is 0.416 e. The van der Waals surface area contributed by atoms with E-state index in [9.17, 15) is 22.8 Å². The molecule has 0 spiro atoms. The zero-order valence-electron chi connectivity index (χ0n) is 24.8. The number of alkyl halides is 3. The van der Waals surface area contributed by atoms with Crippen LogP contribution in [0.3, 0.4) is 0 Å². The van der Waals surface area contributed by atoms with E-state index in [1.54, 1.807) is 31.3 Å². The fourth-order valence-electron chi connectivity index (χ4n) is 5.14. The number of ether oxygens (including phenoxy) is 1. The number of fused-ring (bicyclic) bond motifs is 1. The van der Waals surface area contributed by atoms with Gasteiger partial charge >= 0.3 is 12.1 Å². The van der Waals surface area contributed by atoms with Crippen LogP contribution in [0, 0.1) is 6.92 Å². The zero-order chi connectivity index (χ0) is 31.4. The molecule has 12 heteroatoms. The van der Waals surface area contributed by atoms with Crippen molar-refractivity contribution in [1.29, 1.82) is 0 Å². The second kappa shape index (κ2) is 13.1. The van der Waals surface area contributed by atoms with Gasteiger partial charge in [0, 0.05) is 55.9 Å². The van der Waals surface area contributed by atoms with Crippen molar-refractivity contribution < 1.29 is 27.5 Å². The van der Waals surface area contributed by atoms with Gasteiger partial charge in [-0.15, -0.1) is 0 Å². The molecule has 2 aromatic carbocycles. The van der Waals surface area contributed by atoms with E-state index in [-0.39, 0.29) is 24.3 Å². The lowest BCUT2D eigenvalue weighted by Crippen LogP contribution is -2.44. The molecule has 1 aliphatic heterocycles. The molecule has 9 nitrogen and oxygen atoms in total. The highest BCUT2D eigenvalue weighted by Crippen LogP contribution is 2.34. The number of aromatic nitrogens is 2. The maximum absolute atomic E-state index is 14.0. The number of rotatable bonds is 9. The molecular weight excluding hydrogens is 573 g/mol. The summed E-state index contributed by atoms with van der Waals surface area (Å²) < 4.78 is 47.1. The summed E-state index contributed by atoms with van der Waals surface area (Å²) >= 11 is 0. The van der Waals surface area contributed by atoms with Crippen molar-refractivity contribution in [2.24, 2.45) is 0 Å². The number of carbonyl (C=O) groups excluding carboxylic acids is 2. The summed E-state index contributed by atoms with van der Waals surface area (Å²) in [5, 5.41) is 6.78. The number of carbonyl (C=O) groups is 2. The Morgan fingerprint density at radius 3 is 2.50 bits per heavy atom. The lowest BCUT2D eigenvalue weighted by molar-refractivity contribution is -0.138. The minimum absolute atomic E-state index is 0.0623. The molecule has 44 heavy (non-hydrogen) atoms. The zero-order valence-corrected chi connectivity index (χ0v) is 24.8. The number of esters is 1. The molecule has 2 aromatic heterocycles. The van der Waals surface area contributed by atoms with E-state index in [0.29, 0.717) is 36.7 Å². The molecule has 1 saturated heterocycles. The van der Waals surface area contributed by atoms with Gasteiger partial charge in [0.1, 0.15) is 11.3 Å². The molecule has 1 amide bonds. The van der Waals surface area contributed by atoms with Crippen molar-refractivity contribution in [3.05, 3.63) is 88.2 Å². The average Bonchev–Trinajstić information content (AvgIpc) is 3.42. The third-order valence-corrected chi connectivity index (χ3v) is 7.72. The number of likely N-dealkylation sites (N-methyl/N-ethyl adjacent to an activating group) is 1. The summed E-state index contributed by atoms with van der Waals surface area (Å²) in [6, 6.07) is 12.7. The van der Waals surface area contributed by atoms with Crippen molar-refractivity contribution in [3.8, 4) is 0 Å². The van der Waals surface area contributed by atoms with Crippen molar-refractivity contribution in [1.82, 2.24) is 19.8 Å². The van der Waals surface area contributed by atoms with Crippen LogP contribution in [0.1, 0.15) is 50.0 Å². The molecule has 0 radical (unpaired) electrons. The third kappa shape index (κ3) is 7.37. The SMILES string of the molecule is CCOC(=O)c1cc2cc(NCc3cc(NC(=O)c4ccc(CN5CCN(C)CC5)c(C(F)(F)F)c4)ccc3C)cnc2[nH]1. The molecule has 232 valence electrons. The van der Waals surface area contributed by atoms with E-state index in [0.717, 1.165) is 41.4 Å². The number of piperazine rings is 1. The number of hydrogen-bond donors (Lipinski definition) is 3. The first-order chi connectivity index (χ1) is 21.0. The molecule has 0 aliphatic carbocycles. The number of benzene rings is 2. The van der Waals surface area contributed by atoms with Crippen molar-refractivity contribution in [2.75, 3.05) is 50.5 Å². The lowest BCUT2D eigenvalue weighted by atomic mass is 10.0. The van der Waals surface area contributed by atoms with Crippen LogP contribution < -0.4 is 10.6 Å². The molecule has 3 N–H and O–H groups in total. The van der Waals surface area contributed by atoms with E-state index in [2.05, 4.69) is 25.5 Å². The standard InChI is InChI=1S/C32H35F3N6O3/c1-4-44-31(43)28-16-23-13-26(18-37-29(23)39-28)36-17-24-14-25(8-5-20(24)2)38-30(42)21-6-7-22(27(15-21)32(33,34)35)19-41-11-9-40(3)10-12-41/h5-8,13-16,18,36H,4,9-12,17,19H2,1-3H3,(H,37,39)(H,38,42). The van der Waals surface area contributed by atoms with Gasteiger partial charge < -0.3 is 25.3 Å². The summed E-state index contributed by atoms with van der Waals surface area (Å²) in [5.74, 6) is -1.07. The first-order valence-corrected chi connectivity index (χ1v) is 14.4. The predicted molar refractivity (Wildman–Crippen MR) is 163 cm³/mol. The predicted octanol–water partition coefficient (Wildman–Crippen LogP) is 5.68. The number of H-pyrrole nitrogens is 1. The van der Waals surface area contributed by atoms with Crippen molar-refractivity contribution in [3.63, 3.8) is 0 Å². The topological polar surface area (TPSA) is 103 Å². The Morgan fingerprint density at radius 1 is 1.00 bits per heavy atom. The quantitative estimate of drug-likeness (QED) is 0.210. The van der Waals surface area contributed by atoms with Gasteiger partial charge in [0.05, 0.1) is 24.1 Å². The maximum Gasteiger partial charge on any atom is 0.416 e. The molecule has 3 heterocycles. The van der Waals surface area contributed by atoms with E-state index in [4.69, 9.17) is 4.74 Å². The van der Waals surface area contributed by atoms with Crippen molar-refractivity contribution in [2.45, 2.75) is 33.1 Å². The summed E-state index contributed by atoms with van der Waals surface area (Å²) in [6.07, 6.45) is -2.94. The Bertz CT molecular complexity index is 1660. The van der Waals surface area contributed by atoms with E-state index >= 15 is 0 Å². The van der Waals surface area contributed by atoms with Gasteiger partial charge in [-0.3, -0.25) is 9.69 Å². The van der Waals surface area contributed by atoms with E-state index < -0.39 is 23.6 Å². The number of halogens is 3. The Balaban J connectivity index is 1.27. The van der Waals surface area contributed by atoms with Gasteiger partial charge in [-0.1, -0.05) is 12.1 Å². The van der Waals surface area contributed by atoms with Crippen molar-refractivity contribution >= 4 is 34.3 Å². The molecule has 1 fully saturated rings. The number of hydrogen-bond acceptors (Lipinski definition) is 7. The Labute approximate surface area is 253 Å². The second-order valence-corrected chi connectivity index (χ2v) is 11.0. The molecule has 0 atom stereocenters. The Morgan fingerprint density at radius 2 is 1.77 bits per heavy atom. The highest BCUT2D eigenvalue weighted by atomic mass is 19.4. The normalized spacial score (nSPS) is 14.5. The Hall–Kier alpha value is -4.42. The fraction of sp³-hybridized carbons (Fsp3) is 0.344. The van der Waals surface area contributed by atoms with Crippen LogP contribution in [0.25, 0.3) is 11.0 Å². The molecule has 1 aliphatic rings. The van der Waals surface area contributed by atoms with Gasteiger partial charge in [-0.2, -0.15) is 13.2 Å². The molecule has 4 aromatic rings. The molecule has 0 bridgehead atoms. The number of nitrogens with one attached hydrogen (secondary N) is 3. The summed E-state index contributed by atoms with van der Waals surface area (Å²) in [5.41, 5.74) is 3.20. The number of nitrogens with zero attached hydrogens (tertiary/aromatic N) is 3. The molecular formula is C32H35F3N6O3. The fourth-order valence-corrected chi connectivity index (χ4v) is 5.14. The minimum atomic E-state index is -4.58. The van der Waals surface area contributed by atoms with Gasteiger partial charge in [0.15, 0.2) is 0 Å². The van der Waals surface area contributed by atoms with Crippen LogP contribution in [0.15, 0.2) is 54.7 Å². The van der Waals surface area contributed by atoms with Crippen LogP contribution in [0.5, 0.6) is 0 Å². The monoisotopic (exact) mass is 608 g/mol. The Kier molecular flexibility index (Phi) is 9.21. The summed E-state index contributed by atoms with van der Waals surface area (Å²) in [7, 11) is 1.99. The van der Waals surface area contributed by atoms with Gasteiger partial charge in [0.25, 0.3) is 5.91 Å². The number of anilines is 2. The average molecular weight is 609 g/mol. The first kappa shape index (κ1) is 31.0. The molecule has 5 rings (SSSR count). The van der Waals surface area contributed by atoms with Gasteiger partial charge in [0.2, 0.25) is 0 Å². The number of aryl methyl sites for hydroxylation is 1. The van der Waals surface area contributed by atoms with Crippen LogP contribution in [-0.2, 0) is 24.0 Å². The van der Waals surface area contributed by atoms with E-state index in [1.165, 1.54) is 12.1 Å². The van der Waals surface area contributed by atoms with Crippen LogP contribution in [0.2, 0.25) is 0 Å². The summed E-state index contributed by atoms with van der Waals surface area (Å²) in [4.78, 5) is 36.5. The lowest BCUT2D eigenvalue weighted by Gasteiger charge is -2.33. The third-order valence-electron chi connectivity index (χ3n) is 7.72. The molecule has 0 saturated carbocycles. The van der Waals surface area contributed by atoms with Gasteiger partial charge in [-0.25, -0.2) is 9.78 Å². The minimum Gasteiger partial charge on any atom is -0.461 e. The second-order valence-electron chi connectivity index (χ2n) is 11.0. The number of aromatic amines is 1. The number of pyridine rings is 1. The summed E-state index contributed by atoms with van der Waals surface area (Å²) in [6.45, 7) is 7.49. The van der Waals surface area contributed by atoms with Crippen LogP contribution in [0.4, 0.5) is 24.5 Å². The first-order valence-electron chi connectivity index (χ1n) is 14.4. The van der Waals surface area contributed by atoms with E-state index in [1.807, 2.05) is 31.0 Å². The largest absolute Gasteiger partial charge is 0.461 e. The van der Waals surface area contributed by atoms with Gasteiger partial charge in [-0.05, 0) is 74.0 Å². The molecule has 0 unspecified atom stereocenters. The maximum atomic E-state index is 14.0. The number of amides is 1. The van der Waals surface area contributed by atoms with Crippen LogP contribution >= 0.6 is 0 Å².